The summed E-state index contributed by atoms with van der Waals surface area (Å²) in [6.45, 7) is -0.129. The summed E-state index contributed by atoms with van der Waals surface area (Å²) in [5.41, 5.74) is 1.92. The predicted molar refractivity (Wildman–Crippen MR) is 121 cm³/mol. The van der Waals surface area contributed by atoms with Crippen LogP contribution in [0.15, 0.2) is 84.9 Å². The number of amides is 4. The van der Waals surface area contributed by atoms with E-state index in [1.165, 1.54) is 22.9 Å². The molecule has 0 spiro atoms. The van der Waals surface area contributed by atoms with Crippen molar-refractivity contribution in [3.05, 3.63) is 107 Å². The van der Waals surface area contributed by atoms with Crippen LogP contribution in [-0.2, 0) is 22.7 Å². The molecule has 1 saturated heterocycles. The summed E-state index contributed by atoms with van der Waals surface area (Å²) >= 11 is 0. The van der Waals surface area contributed by atoms with Crippen LogP contribution in [0.25, 0.3) is 0 Å². The van der Waals surface area contributed by atoms with E-state index >= 15 is 0 Å². The van der Waals surface area contributed by atoms with Crippen LogP contribution in [0.4, 0.5) is 9.18 Å². The smallest absolute Gasteiger partial charge is 0.328 e. The Hall–Kier alpha value is -4.00. The van der Waals surface area contributed by atoms with Crippen LogP contribution < -0.4 is 0 Å². The van der Waals surface area contributed by atoms with E-state index in [1.807, 2.05) is 48.5 Å². The number of rotatable bonds is 7. The first kappa shape index (κ1) is 22.2. The Kier molecular flexibility index (Phi) is 6.49. The number of likely N-dealkylation sites (N-methyl/N-ethyl adjacent to an activating group) is 1. The molecule has 7 heteroatoms. The normalized spacial score (nSPS) is 15.8. The summed E-state index contributed by atoms with van der Waals surface area (Å²) in [7, 11) is 1.52. The lowest BCUT2D eigenvalue weighted by molar-refractivity contribution is -0.137. The zero-order valence-corrected chi connectivity index (χ0v) is 18.2. The van der Waals surface area contributed by atoms with Crippen LogP contribution in [0.1, 0.15) is 22.7 Å². The molecular formula is C26H24FN3O3. The van der Waals surface area contributed by atoms with Gasteiger partial charge in [-0.1, -0.05) is 78.9 Å². The third kappa shape index (κ3) is 4.77. The number of carbonyl (C=O) groups is 3. The molecule has 4 amide bonds. The van der Waals surface area contributed by atoms with Gasteiger partial charge in [-0.3, -0.25) is 14.5 Å². The lowest BCUT2D eigenvalue weighted by atomic mass is 10.1. The standard InChI is InChI=1S/C26H24FN3O3/c1-28(17-21-14-8-9-15-22(21)27)23(31)18-30-25(32)24(20-12-6-3-7-13-20)29(26(30)33)16-19-10-4-2-5-11-19/h2-15,24H,16-18H2,1H3. The second-order valence-corrected chi connectivity index (χ2v) is 7.97. The Morgan fingerprint density at radius 2 is 1.52 bits per heavy atom. The molecule has 168 valence electrons. The summed E-state index contributed by atoms with van der Waals surface area (Å²) in [5.74, 6) is -1.31. The van der Waals surface area contributed by atoms with E-state index in [4.69, 9.17) is 0 Å². The fourth-order valence-corrected chi connectivity index (χ4v) is 3.91. The van der Waals surface area contributed by atoms with Gasteiger partial charge in [0, 0.05) is 25.7 Å². The highest BCUT2D eigenvalue weighted by molar-refractivity contribution is 6.06. The number of benzene rings is 3. The van der Waals surface area contributed by atoms with E-state index in [-0.39, 0.29) is 13.1 Å². The number of halogens is 1. The van der Waals surface area contributed by atoms with Gasteiger partial charge < -0.3 is 9.80 Å². The molecule has 1 fully saturated rings. The topological polar surface area (TPSA) is 60.9 Å². The molecule has 1 aliphatic rings. The van der Waals surface area contributed by atoms with Crippen molar-refractivity contribution in [2.24, 2.45) is 0 Å². The van der Waals surface area contributed by atoms with Gasteiger partial charge in [0.25, 0.3) is 5.91 Å². The summed E-state index contributed by atoms with van der Waals surface area (Å²) < 4.78 is 14.0. The van der Waals surface area contributed by atoms with Crippen LogP contribution in [0.3, 0.4) is 0 Å². The quantitative estimate of drug-likeness (QED) is 0.517. The third-order valence-corrected chi connectivity index (χ3v) is 5.68. The fraction of sp³-hybridized carbons (Fsp3) is 0.192. The highest BCUT2D eigenvalue weighted by atomic mass is 19.1. The molecule has 0 saturated carbocycles. The lowest BCUT2D eigenvalue weighted by Crippen LogP contribution is -2.42. The third-order valence-electron chi connectivity index (χ3n) is 5.68. The summed E-state index contributed by atoms with van der Waals surface area (Å²) in [4.78, 5) is 43.2. The van der Waals surface area contributed by atoms with E-state index in [2.05, 4.69) is 0 Å². The first-order valence-electron chi connectivity index (χ1n) is 10.6. The van der Waals surface area contributed by atoms with Gasteiger partial charge in [0.05, 0.1) is 0 Å². The molecule has 6 nitrogen and oxygen atoms in total. The second kappa shape index (κ2) is 9.65. The number of nitrogens with zero attached hydrogens (tertiary/aromatic N) is 3. The molecule has 4 rings (SSSR count). The van der Waals surface area contributed by atoms with Gasteiger partial charge in [-0.25, -0.2) is 9.18 Å². The number of carbonyl (C=O) groups excluding carboxylic acids is 3. The minimum Gasteiger partial charge on any atom is -0.340 e. The van der Waals surface area contributed by atoms with Crippen LogP contribution in [-0.4, -0.2) is 46.1 Å². The Morgan fingerprint density at radius 3 is 2.18 bits per heavy atom. The van der Waals surface area contributed by atoms with Gasteiger partial charge >= 0.3 is 6.03 Å². The average molecular weight is 445 g/mol. The van der Waals surface area contributed by atoms with Gasteiger partial charge in [-0.2, -0.15) is 0 Å². The molecule has 3 aromatic carbocycles. The maximum Gasteiger partial charge on any atom is 0.328 e. The van der Waals surface area contributed by atoms with Crippen molar-refractivity contribution in [2.45, 2.75) is 19.1 Å². The molecule has 0 radical (unpaired) electrons. The summed E-state index contributed by atoms with van der Waals surface area (Å²) in [6, 6.07) is 23.3. The lowest BCUT2D eigenvalue weighted by Gasteiger charge is -2.22. The molecule has 0 N–H and O–H groups in total. The van der Waals surface area contributed by atoms with E-state index in [0.717, 1.165) is 10.5 Å². The molecule has 0 bridgehead atoms. The second-order valence-electron chi connectivity index (χ2n) is 7.97. The van der Waals surface area contributed by atoms with Crippen LogP contribution in [0.2, 0.25) is 0 Å². The monoisotopic (exact) mass is 445 g/mol. The van der Waals surface area contributed by atoms with E-state index in [1.54, 1.807) is 30.3 Å². The molecular weight excluding hydrogens is 421 g/mol. The minimum atomic E-state index is -0.816. The molecule has 0 aromatic heterocycles. The zero-order chi connectivity index (χ0) is 23.4. The highest BCUT2D eigenvalue weighted by Gasteiger charge is 2.46. The Bertz CT molecular complexity index is 1150. The maximum absolute atomic E-state index is 14.0. The minimum absolute atomic E-state index is 0.0393. The Morgan fingerprint density at radius 1 is 0.909 bits per heavy atom. The van der Waals surface area contributed by atoms with Crippen molar-refractivity contribution < 1.29 is 18.8 Å². The maximum atomic E-state index is 14.0. The molecule has 1 heterocycles. The average Bonchev–Trinajstić information content (AvgIpc) is 3.05. The first-order chi connectivity index (χ1) is 16.0. The van der Waals surface area contributed by atoms with Crippen molar-refractivity contribution in [1.29, 1.82) is 0 Å². The molecule has 0 aliphatic carbocycles. The van der Waals surface area contributed by atoms with Crippen molar-refractivity contribution in [2.75, 3.05) is 13.6 Å². The van der Waals surface area contributed by atoms with Crippen LogP contribution in [0.5, 0.6) is 0 Å². The van der Waals surface area contributed by atoms with Gasteiger partial charge in [-0.15, -0.1) is 0 Å². The van der Waals surface area contributed by atoms with Crippen molar-refractivity contribution in [1.82, 2.24) is 14.7 Å². The van der Waals surface area contributed by atoms with Crippen LogP contribution in [0, 0.1) is 5.82 Å². The van der Waals surface area contributed by atoms with Gasteiger partial charge in [0.1, 0.15) is 18.4 Å². The van der Waals surface area contributed by atoms with E-state index in [9.17, 15) is 18.8 Å². The van der Waals surface area contributed by atoms with Crippen molar-refractivity contribution in [3.8, 4) is 0 Å². The number of hydrogen-bond donors (Lipinski definition) is 0. The predicted octanol–water partition coefficient (Wildman–Crippen LogP) is 3.99. The van der Waals surface area contributed by atoms with Gasteiger partial charge in [0.2, 0.25) is 5.91 Å². The van der Waals surface area contributed by atoms with Gasteiger partial charge in [-0.05, 0) is 17.2 Å². The zero-order valence-electron chi connectivity index (χ0n) is 18.2. The SMILES string of the molecule is CN(Cc1ccccc1F)C(=O)CN1C(=O)C(c2ccccc2)N(Cc2ccccc2)C1=O. The van der Waals surface area contributed by atoms with E-state index in [0.29, 0.717) is 11.1 Å². The van der Waals surface area contributed by atoms with E-state index < -0.39 is 36.2 Å². The Labute approximate surface area is 191 Å². The van der Waals surface area contributed by atoms with Gasteiger partial charge in [0.15, 0.2) is 0 Å². The number of imide groups is 1. The van der Waals surface area contributed by atoms with Crippen molar-refractivity contribution in [3.63, 3.8) is 0 Å². The fourth-order valence-electron chi connectivity index (χ4n) is 3.91. The van der Waals surface area contributed by atoms with Crippen molar-refractivity contribution >= 4 is 17.8 Å². The molecule has 33 heavy (non-hydrogen) atoms. The molecule has 3 aromatic rings. The molecule has 1 unspecified atom stereocenters. The first-order valence-corrected chi connectivity index (χ1v) is 10.6. The highest BCUT2D eigenvalue weighted by Crippen LogP contribution is 2.32. The molecule has 1 atom stereocenters. The Balaban J connectivity index is 1.55. The summed E-state index contributed by atoms with van der Waals surface area (Å²) in [6.07, 6.45) is 0. The van der Waals surface area contributed by atoms with Crippen LogP contribution >= 0.6 is 0 Å². The largest absolute Gasteiger partial charge is 0.340 e. The number of hydrogen-bond acceptors (Lipinski definition) is 3. The number of urea groups is 1. The molecule has 1 aliphatic heterocycles. The summed E-state index contributed by atoms with van der Waals surface area (Å²) in [5, 5.41) is 0.